The number of hydrogen-bond acceptors (Lipinski definition) is 5. The zero-order chi connectivity index (χ0) is 12.3. The number of aryl methyl sites for hydroxylation is 2. The van der Waals surface area contributed by atoms with Crippen LogP contribution in [0, 0.1) is 13.8 Å². The van der Waals surface area contributed by atoms with E-state index < -0.39 is 0 Å². The summed E-state index contributed by atoms with van der Waals surface area (Å²) in [6, 6.07) is 2.30. The molecular formula is C12H16N4S. The lowest BCUT2D eigenvalue weighted by Gasteiger charge is -2.14. The summed E-state index contributed by atoms with van der Waals surface area (Å²) >= 11 is 1.63. The van der Waals surface area contributed by atoms with Crippen LogP contribution in [-0.2, 0) is 6.54 Å². The fourth-order valence-corrected chi connectivity index (χ4v) is 2.35. The van der Waals surface area contributed by atoms with Crippen molar-refractivity contribution in [3.8, 4) is 0 Å². The number of hydrogen-bond donors (Lipinski definition) is 1. The fourth-order valence-electron chi connectivity index (χ4n) is 1.69. The Kier molecular flexibility index (Phi) is 3.81. The van der Waals surface area contributed by atoms with Gasteiger partial charge in [-0.25, -0.2) is 0 Å². The molecule has 0 aliphatic carbocycles. The highest BCUT2D eigenvalue weighted by Gasteiger charge is 2.09. The lowest BCUT2D eigenvalue weighted by atomic mass is 10.1. The van der Waals surface area contributed by atoms with Crippen LogP contribution in [0.3, 0.4) is 0 Å². The number of nitrogens with zero attached hydrogens (tertiary/aromatic N) is 3. The third-order valence-electron chi connectivity index (χ3n) is 2.67. The van der Waals surface area contributed by atoms with Crippen LogP contribution >= 0.6 is 11.3 Å². The van der Waals surface area contributed by atoms with Crippen LogP contribution in [0.2, 0.25) is 0 Å². The van der Waals surface area contributed by atoms with Crippen molar-refractivity contribution >= 4 is 11.3 Å². The average molecular weight is 248 g/mol. The van der Waals surface area contributed by atoms with Crippen molar-refractivity contribution < 1.29 is 0 Å². The summed E-state index contributed by atoms with van der Waals surface area (Å²) in [4.78, 5) is 4.16. The Balaban J connectivity index is 1.98. The maximum atomic E-state index is 4.16. The van der Waals surface area contributed by atoms with Crippen LogP contribution in [0.25, 0.3) is 0 Å². The second-order valence-corrected chi connectivity index (χ2v) is 5.32. The van der Waals surface area contributed by atoms with Crippen molar-refractivity contribution in [1.29, 1.82) is 0 Å². The highest BCUT2D eigenvalue weighted by molar-refractivity contribution is 7.11. The van der Waals surface area contributed by atoms with E-state index in [0.29, 0.717) is 0 Å². The van der Waals surface area contributed by atoms with Crippen molar-refractivity contribution in [3.05, 3.63) is 39.6 Å². The van der Waals surface area contributed by atoms with Crippen LogP contribution < -0.4 is 5.32 Å². The molecule has 90 valence electrons. The molecule has 1 atom stereocenters. The van der Waals surface area contributed by atoms with Crippen molar-refractivity contribution in [2.24, 2.45) is 0 Å². The molecule has 5 heteroatoms. The molecule has 0 saturated carbocycles. The molecule has 2 rings (SSSR count). The zero-order valence-corrected chi connectivity index (χ0v) is 11.1. The van der Waals surface area contributed by atoms with E-state index in [1.807, 2.05) is 25.4 Å². The molecule has 0 aromatic carbocycles. The molecule has 2 heterocycles. The summed E-state index contributed by atoms with van der Waals surface area (Å²) in [6.45, 7) is 6.96. The Bertz CT molecular complexity index is 495. The highest BCUT2D eigenvalue weighted by Crippen LogP contribution is 2.16. The van der Waals surface area contributed by atoms with Gasteiger partial charge in [-0.05, 0) is 38.0 Å². The Labute approximate surface area is 105 Å². The van der Waals surface area contributed by atoms with E-state index >= 15 is 0 Å². The monoisotopic (exact) mass is 248 g/mol. The molecule has 0 aliphatic rings. The molecule has 2 aromatic heterocycles. The van der Waals surface area contributed by atoms with E-state index in [4.69, 9.17) is 0 Å². The third kappa shape index (κ3) is 3.08. The minimum Gasteiger partial charge on any atom is -0.304 e. The van der Waals surface area contributed by atoms with Gasteiger partial charge in [0.25, 0.3) is 0 Å². The Morgan fingerprint density at radius 2 is 2.18 bits per heavy atom. The molecule has 4 nitrogen and oxygen atoms in total. The molecule has 0 saturated heterocycles. The second-order valence-electron chi connectivity index (χ2n) is 4.05. The molecule has 1 unspecified atom stereocenters. The molecule has 1 N–H and O–H groups in total. The first kappa shape index (κ1) is 12.1. The topological polar surface area (TPSA) is 50.7 Å². The molecule has 0 radical (unpaired) electrons. The van der Waals surface area contributed by atoms with Crippen LogP contribution in [0.5, 0.6) is 0 Å². The van der Waals surface area contributed by atoms with Gasteiger partial charge in [0.15, 0.2) is 0 Å². The van der Waals surface area contributed by atoms with Gasteiger partial charge in [-0.3, -0.25) is 4.98 Å². The first-order chi connectivity index (χ1) is 8.16. The van der Waals surface area contributed by atoms with E-state index in [1.54, 1.807) is 11.3 Å². The largest absolute Gasteiger partial charge is 0.304 e. The summed E-state index contributed by atoms with van der Waals surface area (Å²) in [5, 5.41) is 13.6. The summed E-state index contributed by atoms with van der Waals surface area (Å²) in [5.74, 6) is 0. The average Bonchev–Trinajstić information content (AvgIpc) is 2.73. The van der Waals surface area contributed by atoms with E-state index in [-0.39, 0.29) is 6.04 Å². The Morgan fingerprint density at radius 3 is 2.82 bits per heavy atom. The maximum Gasteiger partial charge on any atom is 0.131 e. The number of pyridine rings is 1. The molecular weight excluding hydrogens is 232 g/mol. The quantitative estimate of drug-likeness (QED) is 0.902. The third-order valence-corrected chi connectivity index (χ3v) is 3.51. The summed E-state index contributed by atoms with van der Waals surface area (Å²) < 4.78 is 0. The lowest BCUT2D eigenvalue weighted by molar-refractivity contribution is 0.567. The van der Waals surface area contributed by atoms with Crippen LogP contribution in [0.4, 0.5) is 0 Å². The van der Waals surface area contributed by atoms with Crippen molar-refractivity contribution in [3.63, 3.8) is 0 Å². The van der Waals surface area contributed by atoms with Gasteiger partial charge in [-0.15, -0.1) is 21.5 Å². The van der Waals surface area contributed by atoms with Gasteiger partial charge < -0.3 is 5.32 Å². The molecule has 17 heavy (non-hydrogen) atoms. The molecule has 0 fully saturated rings. The molecule has 0 amide bonds. The van der Waals surface area contributed by atoms with Gasteiger partial charge in [0.05, 0.1) is 6.54 Å². The van der Waals surface area contributed by atoms with E-state index in [2.05, 4.69) is 34.3 Å². The number of nitrogens with one attached hydrogen (secondary N) is 1. The molecule has 0 aliphatic heterocycles. The first-order valence-electron chi connectivity index (χ1n) is 5.59. The van der Waals surface area contributed by atoms with E-state index in [1.165, 1.54) is 11.1 Å². The van der Waals surface area contributed by atoms with Crippen LogP contribution in [0.1, 0.15) is 34.1 Å². The van der Waals surface area contributed by atoms with E-state index in [9.17, 15) is 0 Å². The first-order valence-corrected chi connectivity index (χ1v) is 6.41. The minimum atomic E-state index is 0.271. The Hall–Kier alpha value is -1.33. The van der Waals surface area contributed by atoms with Gasteiger partial charge in [0.1, 0.15) is 10.0 Å². The highest BCUT2D eigenvalue weighted by atomic mass is 32.1. The van der Waals surface area contributed by atoms with Crippen molar-refractivity contribution in [1.82, 2.24) is 20.5 Å². The van der Waals surface area contributed by atoms with Crippen LogP contribution in [-0.4, -0.2) is 15.2 Å². The summed E-state index contributed by atoms with van der Waals surface area (Å²) in [6.07, 6.45) is 3.73. The number of rotatable bonds is 4. The maximum absolute atomic E-state index is 4.16. The summed E-state index contributed by atoms with van der Waals surface area (Å²) in [7, 11) is 0. The Morgan fingerprint density at radius 1 is 1.35 bits per heavy atom. The summed E-state index contributed by atoms with van der Waals surface area (Å²) in [5.41, 5.74) is 2.49. The predicted octanol–water partition coefficient (Wildman–Crippen LogP) is 2.40. The molecule has 0 spiro atoms. The minimum absolute atomic E-state index is 0.271. The fraction of sp³-hybridized carbons (Fsp3) is 0.417. The SMILES string of the molecule is Cc1nnc(CNC(C)c2cnccc2C)s1. The van der Waals surface area contributed by atoms with E-state index in [0.717, 1.165) is 16.6 Å². The zero-order valence-electron chi connectivity index (χ0n) is 10.3. The van der Waals surface area contributed by atoms with Crippen molar-refractivity contribution in [2.75, 3.05) is 0 Å². The standard InChI is InChI=1S/C12H16N4S/c1-8-4-5-13-6-11(8)9(2)14-7-12-16-15-10(3)17-12/h4-6,9,14H,7H2,1-3H3. The smallest absolute Gasteiger partial charge is 0.131 e. The number of aromatic nitrogens is 3. The lowest BCUT2D eigenvalue weighted by Crippen LogP contribution is -2.19. The normalized spacial score (nSPS) is 12.6. The van der Waals surface area contributed by atoms with Gasteiger partial charge >= 0.3 is 0 Å². The van der Waals surface area contributed by atoms with Gasteiger partial charge in [0.2, 0.25) is 0 Å². The van der Waals surface area contributed by atoms with Gasteiger partial charge in [0, 0.05) is 18.4 Å². The van der Waals surface area contributed by atoms with Gasteiger partial charge in [-0.1, -0.05) is 0 Å². The van der Waals surface area contributed by atoms with Crippen LogP contribution in [0.15, 0.2) is 18.5 Å². The molecule has 0 bridgehead atoms. The van der Waals surface area contributed by atoms with Gasteiger partial charge in [-0.2, -0.15) is 0 Å². The molecule has 2 aromatic rings. The van der Waals surface area contributed by atoms with Crippen molar-refractivity contribution in [2.45, 2.75) is 33.4 Å². The second kappa shape index (κ2) is 5.33. The predicted molar refractivity (Wildman–Crippen MR) is 68.9 cm³/mol.